The lowest BCUT2D eigenvalue weighted by atomic mass is 9.93. The largest absolute Gasteiger partial charge is 0.355 e. The Morgan fingerprint density at radius 2 is 1.52 bits per heavy atom. The first-order valence-electron chi connectivity index (χ1n) is 10.2. The summed E-state index contributed by atoms with van der Waals surface area (Å²) in [6, 6.07) is 1.38. The Morgan fingerprint density at radius 3 is 2.12 bits per heavy atom. The highest BCUT2D eigenvalue weighted by Gasteiger charge is 2.39. The third kappa shape index (κ3) is 3.85. The molecule has 0 radical (unpaired) electrons. The molecule has 25 heavy (non-hydrogen) atoms. The standard InChI is InChI=1S/C19H32N4O2/c24-18-7-6-15(12-20-18)19(25)23-13-17(14-23)22-10-8-21(9-11-22)16-4-2-1-3-5-16/h15-17H,1-14H2,(H,20,24). The Bertz CT molecular complexity index is 482. The molecule has 2 amide bonds. The van der Waals surface area contributed by atoms with Gasteiger partial charge in [0.2, 0.25) is 11.8 Å². The highest BCUT2D eigenvalue weighted by atomic mass is 16.2. The van der Waals surface area contributed by atoms with E-state index in [0.29, 0.717) is 25.4 Å². The van der Waals surface area contributed by atoms with Crippen LogP contribution in [-0.4, -0.2) is 84.4 Å². The molecule has 1 N–H and O–H groups in total. The number of rotatable bonds is 3. The van der Waals surface area contributed by atoms with Gasteiger partial charge >= 0.3 is 0 Å². The van der Waals surface area contributed by atoms with E-state index < -0.39 is 0 Å². The molecule has 3 saturated heterocycles. The molecule has 6 nitrogen and oxygen atoms in total. The molecule has 3 aliphatic heterocycles. The van der Waals surface area contributed by atoms with Gasteiger partial charge in [-0.05, 0) is 19.3 Å². The van der Waals surface area contributed by atoms with Crippen LogP contribution in [0.1, 0.15) is 44.9 Å². The van der Waals surface area contributed by atoms with Crippen LogP contribution in [0.3, 0.4) is 0 Å². The van der Waals surface area contributed by atoms with Crippen molar-refractivity contribution in [2.75, 3.05) is 45.8 Å². The number of nitrogens with one attached hydrogen (secondary N) is 1. The van der Waals surface area contributed by atoms with Gasteiger partial charge < -0.3 is 10.2 Å². The number of carbonyl (C=O) groups is 2. The normalized spacial score (nSPS) is 30.8. The van der Waals surface area contributed by atoms with Crippen molar-refractivity contribution in [2.24, 2.45) is 5.92 Å². The van der Waals surface area contributed by atoms with Crippen LogP contribution < -0.4 is 5.32 Å². The van der Waals surface area contributed by atoms with Crippen molar-refractivity contribution in [1.29, 1.82) is 0 Å². The summed E-state index contributed by atoms with van der Waals surface area (Å²) in [4.78, 5) is 31.1. The first-order chi connectivity index (χ1) is 12.2. The van der Waals surface area contributed by atoms with Crippen LogP contribution in [0, 0.1) is 5.92 Å². The van der Waals surface area contributed by atoms with E-state index in [1.807, 2.05) is 4.90 Å². The molecule has 4 aliphatic rings. The second-order valence-corrected chi connectivity index (χ2v) is 8.30. The maximum atomic E-state index is 12.5. The van der Waals surface area contributed by atoms with Crippen LogP contribution in [0.15, 0.2) is 0 Å². The van der Waals surface area contributed by atoms with Gasteiger partial charge in [-0.15, -0.1) is 0 Å². The predicted molar refractivity (Wildman–Crippen MR) is 96.1 cm³/mol. The van der Waals surface area contributed by atoms with Crippen LogP contribution >= 0.6 is 0 Å². The molecular weight excluding hydrogens is 316 g/mol. The van der Waals surface area contributed by atoms with Crippen molar-refractivity contribution in [3.8, 4) is 0 Å². The minimum atomic E-state index is 0.00167. The molecular formula is C19H32N4O2. The van der Waals surface area contributed by atoms with Gasteiger partial charge in [-0.3, -0.25) is 19.4 Å². The van der Waals surface area contributed by atoms with Gasteiger partial charge in [0.25, 0.3) is 0 Å². The topological polar surface area (TPSA) is 55.9 Å². The minimum absolute atomic E-state index is 0.00167. The van der Waals surface area contributed by atoms with E-state index in [1.54, 1.807) is 0 Å². The zero-order valence-corrected chi connectivity index (χ0v) is 15.3. The van der Waals surface area contributed by atoms with Crippen molar-refractivity contribution in [1.82, 2.24) is 20.0 Å². The van der Waals surface area contributed by atoms with Gasteiger partial charge in [-0.2, -0.15) is 0 Å². The third-order valence-electron chi connectivity index (χ3n) is 6.75. The summed E-state index contributed by atoms with van der Waals surface area (Å²) < 4.78 is 0. The molecule has 1 aliphatic carbocycles. The van der Waals surface area contributed by atoms with Crippen LogP contribution in [0.2, 0.25) is 0 Å². The fourth-order valence-corrected chi connectivity index (χ4v) is 4.98. The second kappa shape index (κ2) is 7.62. The first-order valence-corrected chi connectivity index (χ1v) is 10.2. The first kappa shape index (κ1) is 17.3. The minimum Gasteiger partial charge on any atom is -0.355 e. The fraction of sp³-hybridized carbons (Fsp3) is 0.895. The van der Waals surface area contributed by atoms with Gasteiger partial charge in [-0.1, -0.05) is 19.3 Å². The van der Waals surface area contributed by atoms with Crippen molar-refractivity contribution < 1.29 is 9.59 Å². The number of nitrogens with zero attached hydrogens (tertiary/aromatic N) is 3. The smallest absolute Gasteiger partial charge is 0.227 e. The molecule has 0 bridgehead atoms. The summed E-state index contributed by atoms with van der Waals surface area (Å²) in [5.74, 6) is 0.334. The third-order valence-corrected chi connectivity index (χ3v) is 6.75. The molecule has 3 heterocycles. The highest BCUT2D eigenvalue weighted by Crippen LogP contribution is 2.26. The summed E-state index contributed by atoms with van der Waals surface area (Å²) >= 11 is 0. The van der Waals surface area contributed by atoms with Gasteiger partial charge in [0.15, 0.2) is 0 Å². The monoisotopic (exact) mass is 348 g/mol. The van der Waals surface area contributed by atoms with Crippen LogP contribution in [-0.2, 0) is 9.59 Å². The molecule has 0 aromatic rings. The van der Waals surface area contributed by atoms with E-state index in [4.69, 9.17) is 0 Å². The molecule has 0 aromatic carbocycles. The molecule has 6 heteroatoms. The number of piperidine rings is 1. The maximum Gasteiger partial charge on any atom is 0.227 e. The molecule has 140 valence electrons. The maximum absolute atomic E-state index is 12.5. The van der Waals surface area contributed by atoms with Gasteiger partial charge in [0.05, 0.1) is 5.92 Å². The number of likely N-dealkylation sites (tertiary alicyclic amines) is 1. The summed E-state index contributed by atoms with van der Waals surface area (Å²) in [5, 5.41) is 2.82. The number of amides is 2. The molecule has 1 saturated carbocycles. The Morgan fingerprint density at radius 1 is 0.880 bits per heavy atom. The van der Waals surface area contributed by atoms with E-state index in [9.17, 15) is 9.59 Å². The zero-order chi connectivity index (χ0) is 17.2. The summed E-state index contributed by atoms with van der Waals surface area (Å²) in [5.41, 5.74) is 0. The molecule has 4 rings (SSSR count). The second-order valence-electron chi connectivity index (χ2n) is 8.30. The quantitative estimate of drug-likeness (QED) is 0.815. The number of carbonyl (C=O) groups excluding carboxylic acids is 2. The Hall–Kier alpha value is -1.14. The van der Waals surface area contributed by atoms with Crippen LogP contribution in [0.25, 0.3) is 0 Å². The number of piperazine rings is 1. The van der Waals surface area contributed by atoms with Crippen LogP contribution in [0.4, 0.5) is 0 Å². The van der Waals surface area contributed by atoms with E-state index in [0.717, 1.165) is 32.2 Å². The van der Waals surface area contributed by atoms with Gasteiger partial charge in [0.1, 0.15) is 0 Å². The van der Waals surface area contributed by atoms with Gasteiger partial charge in [0, 0.05) is 64.3 Å². The lowest BCUT2D eigenvalue weighted by molar-refractivity contribution is -0.145. The summed E-state index contributed by atoms with van der Waals surface area (Å²) in [6.45, 7) is 7.00. The van der Waals surface area contributed by atoms with E-state index in [1.165, 1.54) is 45.2 Å². The molecule has 1 atom stereocenters. The Kier molecular flexibility index (Phi) is 5.27. The van der Waals surface area contributed by atoms with E-state index >= 15 is 0 Å². The summed E-state index contributed by atoms with van der Waals surface area (Å²) in [7, 11) is 0. The lowest BCUT2D eigenvalue weighted by Gasteiger charge is -2.50. The average Bonchev–Trinajstić information content (AvgIpc) is 2.62. The average molecular weight is 348 g/mol. The van der Waals surface area contributed by atoms with Crippen LogP contribution in [0.5, 0.6) is 0 Å². The van der Waals surface area contributed by atoms with Crippen molar-refractivity contribution in [3.63, 3.8) is 0 Å². The molecule has 0 spiro atoms. The lowest BCUT2D eigenvalue weighted by Crippen LogP contribution is -2.65. The van der Waals surface area contributed by atoms with Crippen molar-refractivity contribution >= 4 is 11.8 Å². The van der Waals surface area contributed by atoms with Crippen molar-refractivity contribution in [2.45, 2.75) is 57.0 Å². The Labute approximate surface area is 150 Å². The zero-order valence-electron chi connectivity index (χ0n) is 15.3. The number of hydrogen-bond acceptors (Lipinski definition) is 4. The van der Waals surface area contributed by atoms with E-state index in [-0.39, 0.29) is 17.7 Å². The molecule has 1 unspecified atom stereocenters. The van der Waals surface area contributed by atoms with Gasteiger partial charge in [-0.25, -0.2) is 0 Å². The fourth-order valence-electron chi connectivity index (χ4n) is 4.98. The highest BCUT2D eigenvalue weighted by molar-refractivity contribution is 5.84. The molecule has 4 fully saturated rings. The van der Waals surface area contributed by atoms with E-state index in [2.05, 4.69) is 15.1 Å². The SMILES string of the molecule is O=C1CCC(C(=O)N2CC(N3CCN(C4CCCCC4)CC3)C2)CN1. The van der Waals surface area contributed by atoms with Crippen molar-refractivity contribution in [3.05, 3.63) is 0 Å². The summed E-state index contributed by atoms with van der Waals surface area (Å²) in [6.07, 6.45) is 8.24. The molecule has 0 aromatic heterocycles. The Balaban J connectivity index is 1.18. The number of hydrogen-bond donors (Lipinski definition) is 1. The predicted octanol–water partition coefficient (Wildman–Crippen LogP) is 0.674.